The number of methoxy groups -OCH3 is 1. The van der Waals surface area contributed by atoms with Gasteiger partial charge in [-0.3, -0.25) is 0 Å². The molecule has 1 heterocycles. The summed E-state index contributed by atoms with van der Waals surface area (Å²) in [5, 5.41) is 27.2. The second-order valence-corrected chi connectivity index (χ2v) is 2.83. The van der Waals surface area contributed by atoms with Gasteiger partial charge in [-0.15, -0.1) is 0 Å². The zero-order chi connectivity index (χ0) is 9.14. The lowest BCUT2D eigenvalue weighted by Gasteiger charge is -2.22. The van der Waals surface area contributed by atoms with Crippen molar-refractivity contribution in [2.75, 3.05) is 20.3 Å². The molecular formula is C7H14O5. The van der Waals surface area contributed by atoms with E-state index in [2.05, 4.69) is 0 Å². The minimum atomic E-state index is -0.993. The van der Waals surface area contributed by atoms with Gasteiger partial charge in [-0.05, 0) is 0 Å². The van der Waals surface area contributed by atoms with Crippen LogP contribution in [0.2, 0.25) is 0 Å². The Labute approximate surface area is 70.5 Å². The van der Waals surface area contributed by atoms with E-state index in [-0.39, 0.29) is 6.61 Å². The van der Waals surface area contributed by atoms with Crippen LogP contribution in [0, 0.1) is 5.92 Å². The molecule has 0 aromatic rings. The number of hydrogen-bond donors (Lipinski definition) is 3. The van der Waals surface area contributed by atoms with Crippen molar-refractivity contribution in [3.8, 4) is 0 Å². The van der Waals surface area contributed by atoms with Gasteiger partial charge in [-0.1, -0.05) is 0 Å². The van der Waals surface area contributed by atoms with E-state index >= 15 is 0 Å². The van der Waals surface area contributed by atoms with Gasteiger partial charge in [0.05, 0.1) is 31.3 Å². The maximum atomic E-state index is 9.32. The van der Waals surface area contributed by atoms with Gasteiger partial charge in [-0.2, -0.15) is 0 Å². The molecule has 5 nitrogen and oxygen atoms in total. The first-order chi connectivity index (χ1) is 5.70. The van der Waals surface area contributed by atoms with Crippen molar-refractivity contribution >= 4 is 0 Å². The van der Waals surface area contributed by atoms with Crippen LogP contribution in [-0.2, 0) is 9.47 Å². The Bertz CT molecular complexity index is 140. The molecule has 72 valence electrons. The quantitative estimate of drug-likeness (QED) is 0.481. The van der Waals surface area contributed by atoms with Gasteiger partial charge in [0.25, 0.3) is 0 Å². The molecule has 1 aliphatic rings. The van der Waals surface area contributed by atoms with Crippen molar-refractivity contribution in [1.82, 2.24) is 0 Å². The van der Waals surface area contributed by atoms with Gasteiger partial charge in [0.2, 0.25) is 0 Å². The maximum Gasteiger partial charge on any atom is 0.165 e. The fourth-order valence-electron chi connectivity index (χ4n) is 1.38. The summed E-state index contributed by atoms with van der Waals surface area (Å²) in [6.45, 7) is -0.259. The van der Waals surface area contributed by atoms with E-state index in [9.17, 15) is 10.2 Å². The second kappa shape index (κ2) is 4.15. The van der Waals surface area contributed by atoms with Gasteiger partial charge >= 0.3 is 0 Å². The third-order valence-corrected chi connectivity index (χ3v) is 2.05. The second-order valence-electron chi connectivity index (χ2n) is 2.83. The lowest BCUT2D eigenvalue weighted by atomic mass is 9.98. The Hall–Kier alpha value is -0.200. The predicted octanol–water partition coefficient (Wildman–Crippen LogP) is -1.68. The molecule has 0 saturated carbocycles. The van der Waals surface area contributed by atoms with Crippen LogP contribution in [0.4, 0.5) is 0 Å². The molecule has 1 rings (SSSR count). The first-order valence-electron chi connectivity index (χ1n) is 3.82. The number of aliphatic hydroxyl groups is 3. The molecule has 0 radical (unpaired) electrons. The van der Waals surface area contributed by atoms with Crippen molar-refractivity contribution in [1.29, 1.82) is 0 Å². The number of rotatable bonds is 3. The van der Waals surface area contributed by atoms with Crippen molar-refractivity contribution in [2.24, 2.45) is 5.92 Å². The van der Waals surface area contributed by atoms with E-state index < -0.39 is 31.0 Å². The standard InChI is InChI=1S/C7H14O5/c1-11-7-6(4(9)2-8)5(10)3-12-7/h4-10H,2-3H2,1H3. The Morgan fingerprint density at radius 1 is 1.67 bits per heavy atom. The highest BCUT2D eigenvalue weighted by Crippen LogP contribution is 2.25. The van der Waals surface area contributed by atoms with Crippen molar-refractivity contribution in [2.45, 2.75) is 18.5 Å². The average molecular weight is 178 g/mol. The zero-order valence-electron chi connectivity index (χ0n) is 6.88. The summed E-state index contributed by atoms with van der Waals surface area (Å²) in [6.07, 6.45) is -2.38. The molecule has 0 bridgehead atoms. The SMILES string of the molecule is COC1OCC(O)C1C(O)CO. The van der Waals surface area contributed by atoms with E-state index in [0.717, 1.165) is 0 Å². The van der Waals surface area contributed by atoms with Crippen LogP contribution in [0.5, 0.6) is 0 Å². The molecule has 0 amide bonds. The molecule has 1 saturated heterocycles. The lowest BCUT2D eigenvalue weighted by molar-refractivity contribution is -0.137. The summed E-state index contributed by atoms with van der Waals surface area (Å²) < 4.78 is 9.87. The molecule has 1 aliphatic heterocycles. The molecule has 0 spiro atoms. The van der Waals surface area contributed by atoms with Crippen molar-refractivity contribution < 1.29 is 24.8 Å². The first kappa shape index (κ1) is 9.88. The monoisotopic (exact) mass is 178 g/mol. The summed E-state index contributed by atoms with van der Waals surface area (Å²) in [4.78, 5) is 0. The third kappa shape index (κ3) is 1.75. The zero-order valence-corrected chi connectivity index (χ0v) is 6.88. The van der Waals surface area contributed by atoms with Crippen LogP contribution < -0.4 is 0 Å². The predicted molar refractivity (Wildman–Crippen MR) is 39.3 cm³/mol. The Balaban J connectivity index is 2.56. The van der Waals surface area contributed by atoms with Crippen LogP contribution in [0.1, 0.15) is 0 Å². The van der Waals surface area contributed by atoms with Gasteiger partial charge < -0.3 is 24.8 Å². The van der Waals surface area contributed by atoms with Gasteiger partial charge in [0.1, 0.15) is 0 Å². The topological polar surface area (TPSA) is 79.2 Å². The molecule has 12 heavy (non-hydrogen) atoms. The minimum absolute atomic E-state index is 0.139. The molecule has 4 atom stereocenters. The number of ether oxygens (including phenoxy) is 2. The minimum Gasteiger partial charge on any atom is -0.394 e. The van der Waals surface area contributed by atoms with Crippen LogP contribution in [0.3, 0.4) is 0 Å². The molecule has 0 aliphatic carbocycles. The van der Waals surface area contributed by atoms with Crippen molar-refractivity contribution in [3.05, 3.63) is 0 Å². The Kier molecular flexibility index (Phi) is 3.42. The van der Waals surface area contributed by atoms with E-state index in [4.69, 9.17) is 14.6 Å². The lowest BCUT2D eigenvalue weighted by Crippen LogP contribution is -2.38. The van der Waals surface area contributed by atoms with Gasteiger partial charge in [-0.25, -0.2) is 0 Å². The average Bonchev–Trinajstić information content (AvgIpc) is 2.45. The Morgan fingerprint density at radius 3 is 2.83 bits per heavy atom. The van der Waals surface area contributed by atoms with Crippen LogP contribution in [0.25, 0.3) is 0 Å². The maximum absolute atomic E-state index is 9.32. The molecule has 4 unspecified atom stereocenters. The highest BCUT2D eigenvalue weighted by Gasteiger charge is 2.40. The summed E-state index contributed by atoms with van der Waals surface area (Å²) in [5.41, 5.74) is 0. The molecule has 0 aromatic heterocycles. The summed E-state index contributed by atoms with van der Waals surface area (Å²) in [6, 6.07) is 0. The van der Waals surface area contributed by atoms with E-state index in [1.165, 1.54) is 7.11 Å². The molecular weight excluding hydrogens is 164 g/mol. The third-order valence-electron chi connectivity index (χ3n) is 2.05. The highest BCUT2D eigenvalue weighted by molar-refractivity contribution is 4.83. The highest BCUT2D eigenvalue weighted by atomic mass is 16.7. The van der Waals surface area contributed by atoms with E-state index in [1.807, 2.05) is 0 Å². The summed E-state index contributed by atoms with van der Waals surface area (Å²) in [5.74, 6) is -0.556. The number of hydrogen-bond acceptors (Lipinski definition) is 5. The molecule has 5 heteroatoms. The molecule has 3 N–H and O–H groups in total. The summed E-state index contributed by atoms with van der Waals surface area (Å²) in [7, 11) is 1.43. The summed E-state index contributed by atoms with van der Waals surface area (Å²) >= 11 is 0. The van der Waals surface area contributed by atoms with Crippen LogP contribution in [-0.4, -0.2) is 54.1 Å². The fourth-order valence-corrected chi connectivity index (χ4v) is 1.38. The Morgan fingerprint density at radius 2 is 2.33 bits per heavy atom. The van der Waals surface area contributed by atoms with Gasteiger partial charge in [0, 0.05) is 7.11 Å². The molecule has 1 fully saturated rings. The smallest absolute Gasteiger partial charge is 0.165 e. The van der Waals surface area contributed by atoms with E-state index in [1.54, 1.807) is 0 Å². The normalized spacial score (nSPS) is 38.5. The molecule has 0 aromatic carbocycles. The van der Waals surface area contributed by atoms with E-state index in [0.29, 0.717) is 0 Å². The van der Waals surface area contributed by atoms with Crippen LogP contribution >= 0.6 is 0 Å². The van der Waals surface area contributed by atoms with Crippen LogP contribution in [0.15, 0.2) is 0 Å². The largest absolute Gasteiger partial charge is 0.394 e. The van der Waals surface area contributed by atoms with Gasteiger partial charge in [0.15, 0.2) is 6.29 Å². The fraction of sp³-hybridized carbons (Fsp3) is 1.00. The number of aliphatic hydroxyl groups excluding tert-OH is 3. The van der Waals surface area contributed by atoms with Crippen molar-refractivity contribution in [3.63, 3.8) is 0 Å². The first-order valence-corrected chi connectivity index (χ1v) is 3.82.